The summed E-state index contributed by atoms with van der Waals surface area (Å²) in [6, 6.07) is 9.84. The van der Waals surface area contributed by atoms with E-state index in [0.717, 1.165) is 29.3 Å². The van der Waals surface area contributed by atoms with Crippen LogP contribution in [0.2, 0.25) is 0 Å². The number of fused-ring (bicyclic) bond motifs is 1. The van der Waals surface area contributed by atoms with Gasteiger partial charge in [-0.2, -0.15) is 0 Å². The second-order valence-corrected chi connectivity index (χ2v) is 5.77. The fraction of sp³-hybridized carbons (Fsp3) is 0.250. The number of benzene rings is 1. The van der Waals surface area contributed by atoms with E-state index in [1.165, 1.54) is 6.08 Å². The molecule has 2 amide bonds. The van der Waals surface area contributed by atoms with Crippen LogP contribution >= 0.6 is 0 Å². The Kier molecular flexibility index (Phi) is 8.02. The van der Waals surface area contributed by atoms with Gasteiger partial charge in [0.2, 0.25) is 11.8 Å². The van der Waals surface area contributed by atoms with Crippen LogP contribution in [0.25, 0.3) is 17.0 Å². The number of hydrogen-bond donors (Lipinski definition) is 3. The van der Waals surface area contributed by atoms with E-state index < -0.39 is 0 Å². The summed E-state index contributed by atoms with van der Waals surface area (Å²) < 4.78 is 0. The molecule has 1 heterocycles. The van der Waals surface area contributed by atoms with E-state index >= 15 is 0 Å². The molecular formula is C20H23N3O3. The van der Waals surface area contributed by atoms with Gasteiger partial charge in [0.15, 0.2) is 0 Å². The Labute approximate surface area is 152 Å². The topological polar surface area (TPSA) is 91.3 Å². The second-order valence-electron chi connectivity index (χ2n) is 5.77. The van der Waals surface area contributed by atoms with E-state index in [4.69, 9.17) is 5.21 Å². The number of nitrogens with zero attached hydrogens (tertiary/aromatic N) is 1. The van der Waals surface area contributed by atoms with Gasteiger partial charge < -0.3 is 5.32 Å². The van der Waals surface area contributed by atoms with Crippen molar-refractivity contribution in [1.29, 1.82) is 0 Å². The molecular weight excluding hydrogens is 330 g/mol. The quantitative estimate of drug-likeness (QED) is 0.212. The van der Waals surface area contributed by atoms with Gasteiger partial charge in [0.05, 0.1) is 5.52 Å². The first kappa shape index (κ1) is 19.3. The second kappa shape index (κ2) is 10.8. The summed E-state index contributed by atoms with van der Waals surface area (Å²) >= 11 is 0. The van der Waals surface area contributed by atoms with Gasteiger partial charge in [-0.05, 0) is 30.5 Å². The maximum atomic E-state index is 11.7. The van der Waals surface area contributed by atoms with Crippen LogP contribution < -0.4 is 10.8 Å². The summed E-state index contributed by atoms with van der Waals surface area (Å²) in [6.45, 7) is 0.558. The van der Waals surface area contributed by atoms with E-state index in [0.29, 0.717) is 19.4 Å². The van der Waals surface area contributed by atoms with Crippen molar-refractivity contribution in [2.45, 2.75) is 25.7 Å². The molecule has 6 heteroatoms. The number of allylic oxidation sites excluding steroid dienone is 2. The summed E-state index contributed by atoms with van der Waals surface area (Å²) in [5, 5.41) is 12.2. The SMILES string of the molecule is O=C(/C=C/C=C/c1ccnc2ccccc12)NCCCCCC(=O)NO. The van der Waals surface area contributed by atoms with Crippen LogP contribution in [0.15, 0.2) is 54.8 Å². The molecule has 136 valence electrons. The normalized spacial score (nSPS) is 11.3. The molecule has 0 atom stereocenters. The number of pyridine rings is 1. The molecule has 2 aromatic rings. The van der Waals surface area contributed by atoms with Gasteiger partial charge in [-0.25, -0.2) is 5.48 Å². The predicted octanol–water partition coefficient (Wildman–Crippen LogP) is 2.99. The molecule has 1 aromatic carbocycles. The van der Waals surface area contributed by atoms with Crippen LogP contribution in [0.3, 0.4) is 0 Å². The third kappa shape index (κ3) is 6.49. The van der Waals surface area contributed by atoms with E-state index in [9.17, 15) is 9.59 Å². The van der Waals surface area contributed by atoms with E-state index in [2.05, 4.69) is 10.3 Å². The number of rotatable bonds is 9. The molecule has 0 aliphatic carbocycles. The lowest BCUT2D eigenvalue weighted by molar-refractivity contribution is -0.129. The summed E-state index contributed by atoms with van der Waals surface area (Å²) in [5.74, 6) is -0.534. The molecule has 0 aliphatic heterocycles. The van der Waals surface area contributed by atoms with E-state index in [1.807, 2.05) is 42.5 Å². The molecule has 0 spiro atoms. The molecule has 0 saturated heterocycles. The van der Waals surface area contributed by atoms with E-state index in [-0.39, 0.29) is 11.8 Å². The Morgan fingerprint density at radius 2 is 1.92 bits per heavy atom. The average molecular weight is 353 g/mol. The highest BCUT2D eigenvalue weighted by atomic mass is 16.5. The van der Waals surface area contributed by atoms with Crippen LogP contribution in [0.5, 0.6) is 0 Å². The van der Waals surface area contributed by atoms with Crippen LogP contribution in [-0.4, -0.2) is 28.6 Å². The number of carbonyl (C=O) groups is 2. The number of hydrogen-bond acceptors (Lipinski definition) is 4. The van der Waals surface area contributed by atoms with Gasteiger partial charge in [0.1, 0.15) is 0 Å². The Balaban J connectivity index is 1.71. The fourth-order valence-corrected chi connectivity index (χ4v) is 2.48. The summed E-state index contributed by atoms with van der Waals surface area (Å²) in [4.78, 5) is 26.9. The van der Waals surface area contributed by atoms with Gasteiger partial charge in [-0.3, -0.25) is 19.8 Å². The summed E-state index contributed by atoms with van der Waals surface area (Å²) in [7, 11) is 0. The minimum atomic E-state index is -0.384. The number of amides is 2. The molecule has 6 nitrogen and oxygen atoms in total. The minimum Gasteiger partial charge on any atom is -0.353 e. The highest BCUT2D eigenvalue weighted by Crippen LogP contribution is 2.17. The number of aromatic nitrogens is 1. The van der Waals surface area contributed by atoms with Crippen molar-refractivity contribution >= 4 is 28.8 Å². The summed E-state index contributed by atoms with van der Waals surface area (Å²) in [6.07, 6.45) is 11.3. The maximum Gasteiger partial charge on any atom is 0.243 e. The zero-order valence-corrected chi connectivity index (χ0v) is 14.5. The lowest BCUT2D eigenvalue weighted by atomic mass is 10.1. The third-order valence-electron chi connectivity index (χ3n) is 3.82. The fourth-order valence-electron chi connectivity index (χ4n) is 2.48. The lowest BCUT2D eigenvalue weighted by Gasteiger charge is -2.02. The number of carbonyl (C=O) groups excluding carboxylic acids is 2. The van der Waals surface area contributed by atoms with Crippen LogP contribution in [0.4, 0.5) is 0 Å². The van der Waals surface area contributed by atoms with Gasteiger partial charge >= 0.3 is 0 Å². The van der Waals surface area contributed by atoms with Crippen LogP contribution in [0.1, 0.15) is 31.2 Å². The molecule has 3 N–H and O–H groups in total. The van der Waals surface area contributed by atoms with Crippen LogP contribution in [0, 0.1) is 0 Å². The van der Waals surface area contributed by atoms with Gasteiger partial charge in [-0.15, -0.1) is 0 Å². The molecule has 0 saturated carbocycles. The smallest absolute Gasteiger partial charge is 0.243 e. The van der Waals surface area contributed by atoms with Crippen molar-refractivity contribution in [2.75, 3.05) is 6.54 Å². The van der Waals surface area contributed by atoms with Gasteiger partial charge in [-0.1, -0.05) is 42.8 Å². The largest absolute Gasteiger partial charge is 0.353 e. The van der Waals surface area contributed by atoms with Crippen molar-refractivity contribution < 1.29 is 14.8 Å². The highest BCUT2D eigenvalue weighted by Gasteiger charge is 1.99. The first-order valence-electron chi connectivity index (χ1n) is 8.60. The maximum absolute atomic E-state index is 11.7. The molecule has 0 bridgehead atoms. The van der Waals surface area contributed by atoms with Crippen molar-refractivity contribution in [2.24, 2.45) is 0 Å². The predicted molar refractivity (Wildman–Crippen MR) is 101 cm³/mol. The van der Waals surface area contributed by atoms with E-state index in [1.54, 1.807) is 17.8 Å². The highest BCUT2D eigenvalue weighted by molar-refractivity contribution is 5.89. The Bertz CT molecular complexity index is 794. The van der Waals surface area contributed by atoms with Gasteiger partial charge in [0, 0.05) is 30.6 Å². The Morgan fingerprint density at radius 1 is 1.08 bits per heavy atom. The molecule has 0 aliphatic rings. The summed E-state index contributed by atoms with van der Waals surface area (Å²) in [5.41, 5.74) is 3.58. The molecule has 2 rings (SSSR count). The molecule has 1 aromatic heterocycles. The Hall–Kier alpha value is -2.99. The average Bonchev–Trinajstić information content (AvgIpc) is 2.67. The van der Waals surface area contributed by atoms with Crippen LogP contribution in [-0.2, 0) is 9.59 Å². The molecule has 0 unspecified atom stereocenters. The van der Waals surface area contributed by atoms with Gasteiger partial charge in [0.25, 0.3) is 0 Å². The number of hydroxylamine groups is 1. The minimum absolute atomic E-state index is 0.151. The number of unbranched alkanes of at least 4 members (excludes halogenated alkanes) is 2. The molecule has 0 fully saturated rings. The molecule has 26 heavy (non-hydrogen) atoms. The first-order valence-corrected chi connectivity index (χ1v) is 8.60. The zero-order valence-electron chi connectivity index (χ0n) is 14.5. The molecule has 0 radical (unpaired) electrons. The van der Waals surface area contributed by atoms with Crippen molar-refractivity contribution in [1.82, 2.24) is 15.8 Å². The third-order valence-corrected chi connectivity index (χ3v) is 3.82. The lowest BCUT2D eigenvalue weighted by Crippen LogP contribution is -2.22. The van der Waals surface area contributed by atoms with Crippen molar-refractivity contribution in [3.8, 4) is 0 Å². The number of para-hydroxylation sites is 1. The standard InChI is InChI=1S/C20H23N3O3/c24-19(22-14-7-1-2-12-20(25)23-26)11-6-3-8-16-13-15-21-18-10-5-4-9-17(16)18/h3-6,8-11,13,15,26H,1-2,7,12,14H2,(H,22,24)(H,23,25)/b8-3+,11-6+. The monoisotopic (exact) mass is 353 g/mol. The number of nitrogens with one attached hydrogen (secondary N) is 2. The van der Waals surface area contributed by atoms with Crippen molar-refractivity contribution in [3.05, 3.63) is 60.3 Å². The van der Waals surface area contributed by atoms with Crippen molar-refractivity contribution in [3.63, 3.8) is 0 Å². The zero-order chi connectivity index (χ0) is 18.6. The first-order chi connectivity index (χ1) is 12.7. The Morgan fingerprint density at radius 3 is 2.77 bits per heavy atom.